The van der Waals surface area contributed by atoms with Crippen LogP contribution in [0.5, 0.6) is 0 Å². The average Bonchev–Trinajstić information content (AvgIpc) is 2.67. The maximum Gasteiger partial charge on any atom is 0.194 e. The van der Waals surface area contributed by atoms with Crippen LogP contribution < -0.4 is 5.73 Å². The van der Waals surface area contributed by atoms with Crippen LogP contribution in [0, 0.1) is 17.5 Å². The van der Waals surface area contributed by atoms with Gasteiger partial charge in [-0.25, -0.2) is 13.2 Å². The maximum absolute atomic E-state index is 13.3. The van der Waals surface area contributed by atoms with E-state index < -0.39 is 17.5 Å². The largest absolute Gasteiger partial charge is 0.326 e. The highest BCUT2D eigenvalue weighted by molar-refractivity contribution is 5.25. The van der Waals surface area contributed by atoms with Gasteiger partial charge in [0.2, 0.25) is 0 Å². The van der Waals surface area contributed by atoms with Crippen molar-refractivity contribution in [2.24, 2.45) is 5.73 Å². The normalized spacial score (nSPS) is 24.7. The third-order valence-electron chi connectivity index (χ3n) is 3.41. The second-order valence-electron chi connectivity index (χ2n) is 4.73. The summed E-state index contributed by atoms with van der Waals surface area (Å²) in [5.41, 5.74) is 6.41. The van der Waals surface area contributed by atoms with Gasteiger partial charge in [0.05, 0.1) is 6.04 Å². The Morgan fingerprint density at radius 3 is 2.44 bits per heavy atom. The Labute approximate surface area is 105 Å². The highest BCUT2D eigenvalue weighted by atomic mass is 19.2. The van der Waals surface area contributed by atoms with Crippen LogP contribution in [0.3, 0.4) is 0 Å². The zero-order valence-electron chi connectivity index (χ0n) is 10.3. The molecule has 1 aliphatic rings. The van der Waals surface area contributed by atoms with Gasteiger partial charge in [-0.2, -0.15) is 0 Å². The lowest BCUT2D eigenvalue weighted by molar-refractivity contribution is 0.246. The van der Waals surface area contributed by atoms with E-state index in [0.29, 0.717) is 5.56 Å². The lowest BCUT2D eigenvalue weighted by Gasteiger charge is -2.26. The molecule has 1 aromatic rings. The van der Waals surface area contributed by atoms with E-state index in [2.05, 4.69) is 4.90 Å². The number of nitrogens with two attached hydrogens (primary N) is 1. The van der Waals surface area contributed by atoms with Crippen molar-refractivity contribution in [2.75, 3.05) is 13.1 Å². The van der Waals surface area contributed by atoms with Crippen molar-refractivity contribution in [2.45, 2.75) is 31.8 Å². The predicted molar refractivity (Wildman–Crippen MR) is 63.5 cm³/mol. The lowest BCUT2D eigenvalue weighted by atomic mass is 10.00. The van der Waals surface area contributed by atoms with Crippen LogP contribution in [-0.4, -0.2) is 24.0 Å². The molecule has 2 atom stereocenters. The maximum atomic E-state index is 13.3. The third kappa shape index (κ3) is 2.37. The Hall–Kier alpha value is -1.07. The van der Waals surface area contributed by atoms with Crippen LogP contribution in [-0.2, 0) is 0 Å². The summed E-state index contributed by atoms with van der Waals surface area (Å²) >= 11 is 0. The minimum absolute atomic E-state index is 0.166. The summed E-state index contributed by atoms with van der Waals surface area (Å²) in [5.74, 6) is -3.73. The van der Waals surface area contributed by atoms with Crippen LogP contribution in [0.1, 0.15) is 31.4 Å². The van der Waals surface area contributed by atoms with Crippen molar-refractivity contribution < 1.29 is 13.2 Å². The van der Waals surface area contributed by atoms with Crippen LogP contribution in [0.25, 0.3) is 0 Å². The van der Waals surface area contributed by atoms with Gasteiger partial charge < -0.3 is 5.73 Å². The molecule has 0 amide bonds. The molecule has 2 nitrogen and oxygen atoms in total. The van der Waals surface area contributed by atoms with Crippen LogP contribution >= 0.6 is 0 Å². The van der Waals surface area contributed by atoms with Gasteiger partial charge in [0.1, 0.15) is 0 Å². The molecule has 100 valence electrons. The van der Waals surface area contributed by atoms with Gasteiger partial charge in [0.15, 0.2) is 17.5 Å². The van der Waals surface area contributed by atoms with E-state index in [1.54, 1.807) is 0 Å². The molecule has 2 rings (SSSR count). The quantitative estimate of drug-likeness (QED) is 0.844. The zero-order chi connectivity index (χ0) is 13.3. The molecule has 0 saturated carbocycles. The van der Waals surface area contributed by atoms with E-state index in [1.807, 2.05) is 6.92 Å². The SMILES string of the molecule is CCCN1CCC(N)C1c1cc(F)c(F)c(F)c1. The highest BCUT2D eigenvalue weighted by Gasteiger charge is 2.33. The lowest BCUT2D eigenvalue weighted by Crippen LogP contribution is -2.32. The first-order valence-electron chi connectivity index (χ1n) is 6.18. The second-order valence-corrected chi connectivity index (χ2v) is 4.73. The molecule has 0 aromatic heterocycles. The summed E-state index contributed by atoms with van der Waals surface area (Å²) in [5, 5.41) is 0. The Morgan fingerprint density at radius 1 is 1.28 bits per heavy atom. The standard InChI is InChI=1S/C13H17F3N2/c1-2-4-18-5-3-11(17)13(18)8-6-9(14)12(16)10(15)7-8/h6-7,11,13H,2-5,17H2,1H3. The summed E-state index contributed by atoms with van der Waals surface area (Å²) in [7, 11) is 0. The molecular weight excluding hydrogens is 241 g/mol. The van der Waals surface area contributed by atoms with E-state index in [4.69, 9.17) is 5.73 Å². The summed E-state index contributed by atoms with van der Waals surface area (Å²) < 4.78 is 39.5. The average molecular weight is 258 g/mol. The van der Waals surface area contributed by atoms with E-state index in [9.17, 15) is 13.2 Å². The Balaban J connectivity index is 2.34. The number of halogens is 3. The summed E-state index contributed by atoms with van der Waals surface area (Å²) in [6.45, 7) is 3.66. The van der Waals surface area contributed by atoms with Gasteiger partial charge in [0, 0.05) is 12.6 Å². The smallest absolute Gasteiger partial charge is 0.194 e. The van der Waals surface area contributed by atoms with Crippen molar-refractivity contribution in [3.8, 4) is 0 Å². The summed E-state index contributed by atoms with van der Waals surface area (Å²) in [4.78, 5) is 2.09. The van der Waals surface area contributed by atoms with E-state index in [1.165, 1.54) is 0 Å². The molecule has 1 fully saturated rings. The monoisotopic (exact) mass is 258 g/mol. The molecule has 0 aliphatic carbocycles. The Morgan fingerprint density at radius 2 is 1.89 bits per heavy atom. The van der Waals surface area contributed by atoms with Crippen LogP contribution in [0.4, 0.5) is 13.2 Å². The number of hydrogen-bond acceptors (Lipinski definition) is 2. The van der Waals surface area contributed by atoms with Gasteiger partial charge in [-0.3, -0.25) is 4.90 Å². The Kier molecular flexibility index (Phi) is 3.92. The Bertz CT molecular complexity index is 411. The van der Waals surface area contributed by atoms with E-state index in [-0.39, 0.29) is 12.1 Å². The number of likely N-dealkylation sites (tertiary alicyclic amines) is 1. The molecule has 0 radical (unpaired) electrons. The fourth-order valence-electron chi connectivity index (χ4n) is 2.62. The third-order valence-corrected chi connectivity index (χ3v) is 3.41. The molecule has 1 heterocycles. The first kappa shape index (κ1) is 13.4. The fourth-order valence-corrected chi connectivity index (χ4v) is 2.62. The molecule has 5 heteroatoms. The molecule has 0 spiro atoms. The number of rotatable bonds is 3. The number of benzene rings is 1. The van der Waals surface area contributed by atoms with Gasteiger partial charge in [-0.1, -0.05) is 6.92 Å². The molecule has 0 bridgehead atoms. The zero-order valence-corrected chi connectivity index (χ0v) is 10.3. The summed E-state index contributed by atoms with van der Waals surface area (Å²) in [6.07, 6.45) is 1.72. The molecule has 18 heavy (non-hydrogen) atoms. The van der Waals surface area contributed by atoms with Crippen molar-refractivity contribution in [3.63, 3.8) is 0 Å². The first-order valence-corrected chi connectivity index (χ1v) is 6.18. The highest BCUT2D eigenvalue weighted by Crippen LogP contribution is 2.32. The topological polar surface area (TPSA) is 29.3 Å². The number of nitrogens with zero attached hydrogens (tertiary/aromatic N) is 1. The van der Waals surface area contributed by atoms with Crippen LogP contribution in [0.15, 0.2) is 12.1 Å². The van der Waals surface area contributed by atoms with Crippen molar-refractivity contribution >= 4 is 0 Å². The van der Waals surface area contributed by atoms with Gasteiger partial charge in [0.25, 0.3) is 0 Å². The van der Waals surface area contributed by atoms with Gasteiger partial charge in [-0.15, -0.1) is 0 Å². The molecule has 1 aromatic carbocycles. The summed E-state index contributed by atoms with van der Waals surface area (Å²) in [6, 6.07) is 1.71. The predicted octanol–water partition coefficient (Wildman–Crippen LogP) is 2.59. The molecule has 1 saturated heterocycles. The minimum atomic E-state index is -1.42. The molecule has 2 N–H and O–H groups in total. The second kappa shape index (κ2) is 5.28. The van der Waals surface area contributed by atoms with Crippen molar-refractivity contribution in [3.05, 3.63) is 35.1 Å². The molecular formula is C13H17F3N2. The minimum Gasteiger partial charge on any atom is -0.326 e. The van der Waals surface area contributed by atoms with E-state index in [0.717, 1.165) is 38.1 Å². The molecule has 1 aliphatic heterocycles. The van der Waals surface area contributed by atoms with Crippen molar-refractivity contribution in [1.29, 1.82) is 0 Å². The van der Waals surface area contributed by atoms with E-state index >= 15 is 0 Å². The van der Waals surface area contributed by atoms with Crippen molar-refractivity contribution in [1.82, 2.24) is 4.90 Å². The van der Waals surface area contributed by atoms with Crippen LogP contribution in [0.2, 0.25) is 0 Å². The fraction of sp³-hybridized carbons (Fsp3) is 0.538. The first-order chi connectivity index (χ1) is 8.54. The molecule has 2 unspecified atom stereocenters. The van der Waals surface area contributed by atoms with Gasteiger partial charge in [-0.05, 0) is 37.1 Å². The number of hydrogen-bond donors (Lipinski definition) is 1. The van der Waals surface area contributed by atoms with Gasteiger partial charge >= 0.3 is 0 Å².